The van der Waals surface area contributed by atoms with Crippen molar-refractivity contribution in [1.29, 1.82) is 0 Å². The van der Waals surface area contributed by atoms with Gasteiger partial charge in [-0.3, -0.25) is 4.79 Å². The van der Waals surface area contributed by atoms with Crippen LogP contribution in [0.3, 0.4) is 0 Å². The predicted molar refractivity (Wildman–Crippen MR) is 93.5 cm³/mol. The lowest BCUT2D eigenvalue weighted by Crippen LogP contribution is -2.69. The van der Waals surface area contributed by atoms with Crippen LogP contribution >= 0.6 is 0 Å². The van der Waals surface area contributed by atoms with Gasteiger partial charge in [0.25, 0.3) is 5.91 Å². The van der Waals surface area contributed by atoms with Crippen LogP contribution in [0.15, 0.2) is 48.7 Å². The minimum absolute atomic E-state index is 0.271. The van der Waals surface area contributed by atoms with Crippen LogP contribution in [0, 0.1) is 6.92 Å². The smallest absolute Gasteiger partial charge is 0.441 e. The van der Waals surface area contributed by atoms with E-state index >= 15 is 0 Å². The second-order valence-electron chi connectivity index (χ2n) is 5.73. The lowest BCUT2D eigenvalue weighted by Gasteiger charge is -2.34. The van der Waals surface area contributed by atoms with Gasteiger partial charge in [0.15, 0.2) is 6.61 Å². The molecule has 1 heterocycles. The Labute approximate surface area is 158 Å². The number of nitrogens with zero attached hydrogens (tertiary/aromatic N) is 1. The number of pyridine rings is 1. The summed E-state index contributed by atoms with van der Waals surface area (Å²) in [6.45, 7) is 0.883. The maximum Gasteiger partial charge on any atom is 0.441 e. The normalized spacial score (nSPS) is 13.2. The highest BCUT2D eigenvalue weighted by molar-refractivity contribution is 5.91. The summed E-state index contributed by atoms with van der Waals surface area (Å²) in [7, 11) is 0.779. The van der Waals surface area contributed by atoms with Gasteiger partial charge < -0.3 is 20.1 Å². The maximum atomic E-state index is 13.9. The van der Waals surface area contributed by atoms with Gasteiger partial charge in [-0.05, 0) is 36.8 Å². The molecule has 0 bridgehead atoms. The molecule has 1 amide bonds. The summed E-state index contributed by atoms with van der Waals surface area (Å²) in [6.07, 6.45) is -3.98. The first-order valence-corrected chi connectivity index (χ1v) is 8.03. The Kier molecular flexibility index (Phi) is 6.45. The molecule has 0 spiro atoms. The molecule has 150 valence electrons. The van der Waals surface area contributed by atoms with Crippen LogP contribution in [-0.2, 0) is 14.3 Å². The van der Waals surface area contributed by atoms with Gasteiger partial charge in [-0.1, -0.05) is 18.2 Å². The van der Waals surface area contributed by atoms with Crippen LogP contribution in [0.1, 0.15) is 5.56 Å². The van der Waals surface area contributed by atoms with Gasteiger partial charge in [0, 0.05) is 6.20 Å². The molecule has 0 radical (unpaired) electrons. The van der Waals surface area contributed by atoms with Gasteiger partial charge in [-0.2, -0.15) is 13.2 Å². The molecule has 2 N–H and O–H groups in total. The van der Waals surface area contributed by atoms with Crippen molar-refractivity contribution < 1.29 is 32.2 Å². The lowest BCUT2D eigenvalue weighted by atomic mass is 10.1. The fourth-order valence-electron chi connectivity index (χ4n) is 2.25. The molecular formula is C18H18F3N3O4. The third kappa shape index (κ3) is 4.90. The summed E-state index contributed by atoms with van der Waals surface area (Å²) in [4.78, 5) is 28.0. The Morgan fingerprint density at radius 2 is 1.82 bits per heavy atom. The van der Waals surface area contributed by atoms with E-state index in [1.807, 2.05) is 5.32 Å². The fraction of sp³-hybridized carbons (Fsp3) is 0.278. The molecule has 1 aromatic heterocycles. The summed E-state index contributed by atoms with van der Waals surface area (Å²) in [6, 6.07) is 10.9. The summed E-state index contributed by atoms with van der Waals surface area (Å²) in [5, 5.41) is 3.60. The molecule has 0 aliphatic heterocycles. The number of benzene rings is 1. The van der Waals surface area contributed by atoms with Gasteiger partial charge in [-0.15, -0.1) is 0 Å². The Morgan fingerprint density at radius 1 is 1.14 bits per heavy atom. The van der Waals surface area contributed by atoms with E-state index in [9.17, 15) is 22.8 Å². The SMILES string of the molecule is COC(=O)[C@](NC(=O)COc1ccccc1)(Nc1cc(C)ccn1)C(F)(F)F. The zero-order valence-corrected chi connectivity index (χ0v) is 15.0. The number of amides is 1. The number of hydrogen-bond acceptors (Lipinski definition) is 6. The number of anilines is 1. The van der Waals surface area contributed by atoms with E-state index in [0.717, 1.165) is 7.11 Å². The van der Waals surface area contributed by atoms with Crippen molar-refractivity contribution in [2.45, 2.75) is 18.8 Å². The number of alkyl halides is 3. The van der Waals surface area contributed by atoms with E-state index in [-0.39, 0.29) is 11.6 Å². The quantitative estimate of drug-likeness (QED) is 0.551. The Bertz CT molecular complexity index is 830. The minimum atomic E-state index is -5.24. The fourth-order valence-corrected chi connectivity index (χ4v) is 2.25. The highest BCUT2D eigenvalue weighted by Gasteiger charge is 2.63. The number of nitrogens with one attached hydrogen (secondary N) is 2. The van der Waals surface area contributed by atoms with Gasteiger partial charge in [0.2, 0.25) is 0 Å². The Morgan fingerprint density at radius 3 is 2.39 bits per heavy atom. The first kappa shape index (κ1) is 21.0. The van der Waals surface area contributed by atoms with Crippen molar-refractivity contribution >= 4 is 17.7 Å². The number of aryl methyl sites for hydroxylation is 1. The molecule has 10 heteroatoms. The van der Waals surface area contributed by atoms with Crippen LogP contribution in [0.2, 0.25) is 0 Å². The molecule has 28 heavy (non-hydrogen) atoms. The lowest BCUT2D eigenvalue weighted by molar-refractivity contribution is -0.206. The average molecular weight is 397 g/mol. The van der Waals surface area contributed by atoms with E-state index < -0.39 is 30.3 Å². The van der Waals surface area contributed by atoms with E-state index in [1.54, 1.807) is 36.5 Å². The number of halogens is 3. The minimum Gasteiger partial charge on any atom is -0.484 e. The van der Waals surface area contributed by atoms with Crippen molar-refractivity contribution in [1.82, 2.24) is 10.3 Å². The molecule has 7 nitrogen and oxygen atoms in total. The Hall–Kier alpha value is -3.30. The molecular weight excluding hydrogens is 379 g/mol. The number of ether oxygens (including phenoxy) is 2. The number of hydrogen-bond donors (Lipinski definition) is 2. The molecule has 1 aromatic carbocycles. The highest BCUT2D eigenvalue weighted by Crippen LogP contribution is 2.32. The molecule has 0 aliphatic rings. The van der Waals surface area contributed by atoms with Crippen LogP contribution in [0.4, 0.5) is 19.0 Å². The van der Waals surface area contributed by atoms with Crippen LogP contribution in [0.25, 0.3) is 0 Å². The number of rotatable bonds is 7. The van der Waals surface area contributed by atoms with Gasteiger partial charge >= 0.3 is 17.8 Å². The van der Waals surface area contributed by atoms with Gasteiger partial charge in [0.1, 0.15) is 11.6 Å². The van der Waals surface area contributed by atoms with E-state index in [0.29, 0.717) is 5.56 Å². The molecule has 0 saturated heterocycles. The topological polar surface area (TPSA) is 89.5 Å². The van der Waals surface area contributed by atoms with E-state index in [1.165, 1.54) is 24.4 Å². The summed E-state index contributed by atoms with van der Waals surface area (Å²) in [5.74, 6) is -2.93. The monoisotopic (exact) mass is 397 g/mol. The molecule has 2 rings (SSSR count). The molecule has 0 aliphatic carbocycles. The number of esters is 1. The molecule has 0 fully saturated rings. The maximum absolute atomic E-state index is 13.9. The summed E-state index contributed by atoms with van der Waals surface area (Å²) >= 11 is 0. The largest absolute Gasteiger partial charge is 0.484 e. The molecule has 2 aromatic rings. The zero-order valence-electron chi connectivity index (χ0n) is 15.0. The molecule has 0 unspecified atom stereocenters. The zero-order chi connectivity index (χ0) is 20.8. The van der Waals surface area contributed by atoms with Crippen LogP contribution in [-0.4, -0.2) is 42.4 Å². The third-order valence-corrected chi connectivity index (χ3v) is 3.59. The number of para-hydroxylation sites is 1. The van der Waals surface area contributed by atoms with Gasteiger partial charge in [0.05, 0.1) is 7.11 Å². The molecule has 0 saturated carbocycles. The van der Waals surface area contributed by atoms with Crippen LogP contribution in [0.5, 0.6) is 5.75 Å². The van der Waals surface area contributed by atoms with Crippen molar-refractivity contribution in [3.63, 3.8) is 0 Å². The first-order valence-electron chi connectivity index (χ1n) is 8.03. The standard InChI is InChI=1S/C18H18F3N3O4/c1-12-8-9-22-14(10-12)23-17(16(26)27-2,18(19,20)21)24-15(25)11-28-13-6-4-3-5-7-13/h3-10H,11H2,1-2H3,(H,22,23)(H,24,25)/t17-/m1/s1. The van der Waals surface area contributed by atoms with E-state index in [2.05, 4.69) is 9.72 Å². The highest BCUT2D eigenvalue weighted by atomic mass is 19.4. The number of carbonyl (C=O) groups is 2. The first-order chi connectivity index (χ1) is 13.2. The number of carbonyl (C=O) groups excluding carboxylic acids is 2. The molecule has 1 atom stereocenters. The van der Waals surface area contributed by atoms with Crippen molar-refractivity contribution in [2.24, 2.45) is 0 Å². The van der Waals surface area contributed by atoms with Crippen molar-refractivity contribution in [3.8, 4) is 5.75 Å². The predicted octanol–water partition coefficient (Wildman–Crippen LogP) is 2.43. The second kappa shape index (κ2) is 8.59. The number of aromatic nitrogens is 1. The summed E-state index contributed by atoms with van der Waals surface area (Å²) < 4.78 is 51.1. The second-order valence-corrected chi connectivity index (χ2v) is 5.73. The van der Waals surface area contributed by atoms with Crippen molar-refractivity contribution in [2.75, 3.05) is 19.0 Å². The third-order valence-electron chi connectivity index (χ3n) is 3.59. The van der Waals surface area contributed by atoms with E-state index in [4.69, 9.17) is 4.74 Å². The Balaban J connectivity index is 2.28. The van der Waals surface area contributed by atoms with Crippen LogP contribution < -0.4 is 15.4 Å². The summed E-state index contributed by atoms with van der Waals surface area (Å²) in [5.41, 5.74) is -2.95. The van der Waals surface area contributed by atoms with Gasteiger partial charge in [-0.25, -0.2) is 9.78 Å². The van der Waals surface area contributed by atoms with Crippen molar-refractivity contribution in [3.05, 3.63) is 54.2 Å². The average Bonchev–Trinajstić information content (AvgIpc) is 2.65. The number of methoxy groups -OCH3 is 1.